The minimum Gasteiger partial charge on any atom is -0.370 e. The second-order valence-electron chi connectivity index (χ2n) is 4.84. The summed E-state index contributed by atoms with van der Waals surface area (Å²) < 4.78 is 0. The fourth-order valence-electron chi connectivity index (χ4n) is 2.53. The van der Waals surface area contributed by atoms with E-state index in [4.69, 9.17) is 28.9 Å². The first-order valence-electron chi connectivity index (χ1n) is 6.22. The van der Waals surface area contributed by atoms with Gasteiger partial charge in [0, 0.05) is 41.5 Å². The first-order chi connectivity index (χ1) is 9.56. The highest BCUT2D eigenvalue weighted by atomic mass is 35.5. The van der Waals surface area contributed by atoms with Gasteiger partial charge in [0.1, 0.15) is 6.17 Å². The van der Waals surface area contributed by atoms with Crippen molar-refractivity contribution in [1.82, 2.24) is 10.2 Å². The molecule has 4 nitrogen and oxygen atoms in total. The van der Waals surface area contributed by atoms with Crippen LogP contribution in [0.5, 0.6) is 0 Å². The normalized spacial score (nSPS) is 21.4. The third kappa shape index (κ3) is 2.25. The molecule has 104 valence electrons. The van der Waals surface area contributed by atoms with Crippen LogP contribution >= 0.6 is 23.2 Å². The average molecular weight is 309 g/mol. The number of guanidine groups is 1. The van der Waals surface area contributed by atoms with Crippen LogP contribution in [0.2, 0.25) is 10.0 Å². The van der Waals surface area contributed by atoms with Crippen molar-refractivity contribution in [1.29, 1.82) is 0 Å². The zero-order valence-corrected chi connectivity index (χ0v) is 12.4. The van der Waals surface area contributed by atoms with Crippen molar-refractivity contribution < 1.29 is 0 Å². The molecule has 2 aliphatic heterocycles. The van der Waals surface area contributed by atoms with Crippen LogP contribution in [0, 0.1) is 0 Å². The zero-order chi connectivity index (χ0) is 14.3. The highest BCUT2D eigenvalue weighted by molar-refractivity contribution is 6.37. The van der Waals surface area contributed by atoms with E-state index in [1.54, 1.807) is 0 Å². The maximum Gasteiger partial charge on any atom is 0.195 e. The number of allylic oxidation sites excluding steroid dienone is 1. The summed E-state index contributed by atoms with van der Waals surface area (Å²) in [5.74, 6) is 0.429. The maximum absolute atomic E-state index is 6.28. The predicted octanol–water partition coefficient (Wildman–Crippen LogP) is 2.80. The Balaban J connectivity index is 2.03. The number of hydrogen-bond donors (Lipinski definition) is 2. The zero-order valence-electron chi connectivity index (χ0n) is 10.9. The highest BCUT2D eigenvalue weighted by Gasteiger charge is 2.27. The highest BCUT2D eigenvalue weighted by Crippen LogP contribution is 2.38. The van der Waals surface area contributed by atoms with E-state index < -0.39 is 0 Å². The Kier molecular flexibility index (Phi) is 3.36. The summed E-state index contributed by atoms with van der Waals surface area (Å²) in [6.07, 6.45) is 4.61. The van der Waals surface area contributed by atoms with E-state index >= 15 is 0 Å². The minimum atomic E-state index is -0.0544. The molecule has 0 saturated heterocycles. The number of nitrogens with two attached hydrogens (primary N) is 1. The van der Waals surface area contributed by atoms with Crippen molar-refractivity contribution in [3.63, 3.8) is 0 Å². The second-order valence-corrected chi connectivity index (χ2v) is 5.66. The van der Waals surface area contributed by atoms with E-state index in [1.165, 1.54) is 0 Å². The van der Waals surface area contributed by atoms with Crippen molar-refractivity contribution in [2.75, 3.05) is 7.05 Å². The van der Waals surface area contributed by atoms with Gasteiger partial charge >= 0.3 is 0 Å². The molecule has 2 heterocycles. The van der Waals surface area contributed by atoms with E-state index in [0.717, 1.165) is 23.1 Å². The van der Waals surface area contributed by atoms with Gasteiger partial charge in [-0.1, -0.05) is 29.3 Å². The summed E-state index contributed by atoms with van der Waals surface area (Å²) in [5, 5.41) is 4.26. The summed E-state index contributed by atoms with van der Waals surface area (Å²) in [7, 11) is 1.96. The van der Waals surface area contributed by atoms with Gasteiger partial charge in [0.2, 0.25) is 0 Å². The quantitative estimate of drug-likeness (QED) is 0.839. The van der Waals surface area contributed by atoms with Crippen molar-refractivity contribution in [2.24, 2.45) is 10.7 Å². The van der Waals surface area contributed by atoms with Gasteiger partial charge in [-0.3, -0.25) is 0 Å². The van der Waals surface area contributed by atoms with E-state index in [0.29, 0.717) is 16.0 Å². The Bertz CT molecular complexity index is 628. The molecule has 0 amide bonds. The Hall–Kier alpha value is -1.65. The minimum absolute atomic E-state index is 0.0544. The Morgan fingerprint density at radius 2 is 2.05 bits per heavy atom. The number of rotatable bonds is 1. The van der Waals surface area contributed by atoms with Crippen LogP contribution in [0.25, 0.3) is 5.57 Å². The molecule has 0 bridgehead atoms. The van der Waals surface area contributed by atoms with Gasteiger partial charge in [-0.15, -0.1) is 0 Å². The number of likely N-dealkylation sites (N-methyl/N-ethyl adjacent to an activating group) is 1. The van der Waals surface area contributed by atoms with Gasteiger partial charge in [0.25, 0.3) is 0 Å². The van der Waals surface area contributed by atoms with Crippen LogP contribution in [-0.2, 0) is 0 Å². The summed E-state index contributed by atoms with van der Waals surface area (Å²) >= 11 is 12.6. The van der Waals surface area contributed by atoms with Gasteiger partial charge in [-0.25, -0.2) is 4.99 Å². The topological polar surface area (TPSA) is 53.6 Å². The molecule has 2 aliphatic rings. The molecule has 0 spiro atoms. The molecule has 3 rings (SSSR count). The molecule has 1 aromatic rings. The van der Waals surface area contributed by atoms with Gasteiger partial charge in [0.05, 0.1) is 0 Å². The first-order valence-corrected chi connectivity index (χ1v) is 6.97. The Morgan fingerprint density at radius 1 is 1.35 bits per heavy atom. The SMILES string of the molecule is CN1C=C(c2c(Cl)cccc2Cl)CC2=CNC(N)=NC21. The molecular formula is C14H14Cl2N4. The van der Waals surface area contributed by atoms with E-state index in [1.807, 2.05) is 42.5 Å². The number of aliphatic imine (C=N–C) groups is 1. The molecule has 0 radical (unpaired) electrons. The predicted molar refractivity (Wildman–Crippen MR) is 83.4 cm³/mol. The van der Waals surface area contributed by atoms with Gasteiger partial charge in [0.15, 0.2) is 5.96 Å². The standard InChI is InChI=1S/C14H14Cl2N4/c1-20-7-9(12-10(15)3-2-4-11(12)16)5-8-6-18-14(17)19-13(8)20/h2-4,6-7,13H,5H2,1H3,(H3,17,18,19). The number of fused-ring (bicyclic) bond motifs is 1. The second kappa shape index (κ2) is 5.04. The maximum atomic E-state index is 6.28. The number of nitrogens with one attached hydrogen (secondary N) is 1. The molecule has 1 aromatic carbocycles. The van der Waals surface area contributed by atoms with Crippen LogP contribution in [0.3, 0.4) is 0 Å². The molecule has 3 N–H and O–H groups in total. The molecule has 0 aliphatic carbocycles. The number of nitrogens with zero attached hydrogens (tertiary/aromatic N) is 2. The molecule has 20 heavy (non-hydrogen) atoms. The summed E-state index contributed by atoms with van der Waals surface area (Å²) in [5.41, 5.74) is 8.79. The molecule has 0 aromatic heterocycles. The molecule has 1 atom stereocenters. The molecule has 0 fully saturated rings. The number of hydrogen-bond acceptors (Lipinski definition) is 4. The number of halogens is 2. The summed E-state index contributed by atoms with van der Waals surface area (Å²) in [6.45, 7) is 0. The Labute approximate surface area is 127 Å². The Morgan fingerprint density at radius 3 is 2.75 bits per heavy atom. The van der Waals surface area contributed by atoms with E-state index in [9.17, 15) is 0 Å². The lowest BCUT2D eigenvalue weighted by atomic mass is 9.94. The van der Waals surface area contributed by atoms with Crippen molar-refractivity contribution in [3.8, 4) is 0 Å². The van der Waals surface area contributed by atoms with Gasteiger partial charge in [-0.2, -0.15) is 0 Å². The third-order valence-electron chi connectivity index (χ3n) is 3.42. The van der Waals surface area contributed by atoms with Gasteiger partial charge < -0.3 is 16.0 Å². The molecule has 6 heteroatoms. The van der Waals surface area contributed by atoms with Crippen LogP contribution in [-0.4, -0.2) is 24.1 Å². The largest absolute Gasteiger partial charge is 0.370 e. The lowest BCUT2D eigenvalue weighted by Crippen LogP contribution is -2.41. The van der Waals surface area contributed by atoms with E-state index in [-0.39, 0.29) is 6.17 Å². The fourth-order valence-corrected chi connectivity index (χ4v) is 3.17. The van der Waals surface area contributed by atoms with Crippen molar-refractivity contribution >= 4 is 34.7 Å². The molecule has 0 saturated carbocycles. The summed E-state index contributed by atoms with van der Waals surface area (Å²) in [4.78, 5) is 6.40. The van der Waals surface area contributed by atoms with Crippen LogP contribution in [0.15, 0.2) is 41.2 Å². The third-order valence-corrected chi connectivity index (χ3v) is 4.05. The average Bonchev–Trinajstić information content (AvgIpc) is 2.39. The first kappa shape index (κ1) is 13.3. The fraction of sp³-hybridized carbons (Fsp3) is 0.214. The van der Waals surface area contributed by atoms with Crippen LogP contribution in [0.1, 0.15) is 12.0 Å². The number of benzene rings is 1. The lowest BCUT2D eigenvalue weighted by Gasteiger charge is -2.34. The van der Waals surface area contributed by atoms with Crippen LogP contribution < -0.4 is 11.1 Å². The van der Waals surface area contributed by atoms with Crippen LogP contribution in [0.4, 0.5) is 0 Å². The lowest BCUT2D eigenvalue weighted by molar-refractivity contribution is 0.362. The van der Waals surface area contributed by atoms with Crippen molar-refractivity contribution in [2.45, 2.75) is 12.6 Å². The monoisotopic (exact) mass is 308 g/mol. The molecular weight excluding hydrogens is 295 g/mol. The smallest absolute Gasteiger partial charge is 0.195 e. The van der Waals surface area contributed by atoms with Gasteiger partial charge in [-0.05, 0) is 23.3 Å². The van der Waals surface area contributed by atoms with E-state index in [2.05, 4.69) is 10.3 Å². The van der Waals surface area contributed by atoms with Crippen molar-refractivity contribution in [3.05, 3.63) is 51.8 Å². The summed E-state index contributed by atoms with van der Waals surface area (Å²) in [6, 6.07) is 5.54. The molecule has 1 unspecified atom stereocenters.